The van der Waals surface area contributed by atoms with E-state index in [4.69, 9.17) is 11.6 Å². The van der Waals surface area contributed by atoms with Crippen LogP contribution in [0.1, 0.15) is 32.1 Å². The van der Waals surface area contributed by atoms with Crippen molar-refractivity contribution >= 4 is 34.8 Å². The van der Waals surface area contributed by atoms with Gasteiger partial charge in [-0.1, -0.05) is 23.7 Å². The number of amides is 2. The molecule has 0 unspecified atom stereocenters. The standard InChI is InChI=1S/C19H17ClN4O2/c1-11-17(12(2)24-23-11)22-19(26)14-6-4-8-16(10-14)21-18(25)13-5-3-7-15(20)9-13/h3-10H,1-2H3,(H,21,25)(H,22,26)(H,23,24). The van der Waals surface area contributed by atoms with Gasteiger partial charge in [0.05, 0.1) is 17.1 Å². The molecule has 0 saturated carbocycles. The summed E-state index contributed by atoms with van der Waals surface area (Å²) in [6, 6.07) is 13.4. The van der Waals surface area contributed by atoms with Gasteiger partial charge in [0.2, 0.25) is 0 Å². The summed E-state index contributed by atoms with van der Waals surface area (Å²) < 4.78 is 0. The first-order valence-corrected chi connectivity index (χ1v) is 8.32. The summed E-state index contributed by atoms with van der Waals surface area (Å²) in [5, 5.41) is 13.0. The van der Waals surface area contributed by atoms with Crippen LogP contribution in [-0.4, -0.2) is 22.0 Å². The van der Waals surface area contributed by atoms with E-state index in [-0.39, 0.29) is 11.8 Å². The third-order valence-corrected chi connectivity index (χ3v) is 4.07. The van der Waals surface area contributed by atoms with Crippen LogP contribution in [0.2, 0.25) is 5.02 Å². The van der Waals surface area contributed by atoms with Crippen molar-refractivity contribution in [2.45, 2.75) is 13.8 Å². The highest BCUT2D eigenvalue weighted by Gasteiger charge is 2.13. The van der Waals surface area contributed by atoms with Crippen LogP contribution in [0.15, 0.2) is 48.5 Å². The van der Waals surface area contributed by atoms with Gasteiger partial charge in [-0.15, -0.1) is 0 Å². The van der Waals surface area contributed by atoms with Crippen molar-refractivity contribution in [1.29, 1.82) is 0 Å². The molecule has 2 amide bonds. The molecule has 0 aliphatic carbocycles. The fourth-order valence-electron chi connectivity index (χ4n) is 2.49. The van der Waals surface area contributed by atoms with E-state index in [1.165, 1.54) is 0 Å². The summed E-state index contributed by atoms with van der Waals surface area (Å²) in [5.41, 5.74) is 3.53. The molecule has 2 aromatic carbocycles. The largest absolute Gasteiger partial charge is 0.322 e. The van der Waals surface area contributed by atoms with Crippen LogP contribution in [0.5, 0.6) is 0 Å². The summed E-state index contributed by atoms with van der Waals surface area (Å²) >= 11 is 5.91. The maximum atomic E-state index is 12.5. The third kappa shape index (κ3) is 3.92. The Morgan fingerprint density at radius 2 is 1.62 bits per heavy atom. The third-order valence-electron chi connectivity index (χ3n) is 3.84. The molecule has 3 rings (SSSR count). The molecule has 0 saturated heterocycles. The molecular formula is C19H17ClN4O2. The zero-order chi connectivity index (χ0) is 18.7. The maximum absolute atomic E-state index is 12.5. The van der Waals surface area contributed by atoms with Crippen molar-refractivity contribution < 1.29 is 9.59 Å². The van der Waals surface area contributed by atoms with Crippen molar-refractivity contribution in [2.75, 3.05) is 10.6 Å². The summed E-state index contributed by atoms with van der Waals surface area (Å²) in [5.74, 6) is -0.581. The van der Waals surface area contributed by atoms with Crippen LogP contribution in [-0.2, 0) is 0 Å². The first-order valence-electron chi connectivity index (χ1n) is 7.94. The molecular weight excluding hydrogens is 352 g/mol. The molecule has 6 nitrogen and oxygen atoms in total. The summed E-state index contributed by atoms with van der Waals surface area (Å²) in [7, 11) is 0. The SMILES string of the molecule is Cc1n[nH]c(C)c1NC(=O)c1cccc(NC(=O)c2cccc(Cl)c2)c1. The van der Waals surface area contributed by atoms with E-state index in [0.717, 1.165) is 5.69 Å². The van der Waals surface area contributed by atoms with Crippen molar-refractivity contribution in [3.8, 4) is 0 Å². The second-order valence-electron chi connectivity index (χ2n) is 5.81. The number of hydrogen-bond donors (Lipinski definition) is 3. The van der Waals surface area contributed by atoms with Crippen molar-refractivity contribution in [3.05, 3.63) is 76.1 Å². The van der Waals surface area contributed by atoms with Gasteiger partial charge in [0, 0.05) is 21.8 Å². The van der Waals surface area contributed by atoms with Crippen LogP contribution in [0.25, 0.3) is 0 Å². The maximum Gasteiger partial charge on any atom is 0.255 e. The Hall–Kier alpha value is -3.12. The fourth-order valence-corrected chi connectivity index (χ4v) is 2.68. The number of carbonyl (C=O) groups excluding carboxylic acids is 2. The van der Waals surface area contributed by atoms with E-state index >= 15 is 0 Å². The van der Waals surface area contributed by atoms with Gasteiger partial charge in [-0.05, 0) is 50.2 Å². The molecule has 0 atom stereocenters. The number of anilines is 2. The van der Waals surface area contributed by atoms with Crippen molar-refractivity contribution in [2.24, 2.45) is 0 Å². The highest BCUT2D eigenvalue weighted by atomic mass is 35.5. The van der Waals surface area contributed by atoms with Gasteiger partial charge in [-0.3, -0.25) is 14.7 Å². The minimum Gasteiger partial charge on any atom is -0.322 e. The van der Waals surface area contributed by atoms with E-state index in [1.54, 1.807) is 55.5 Å². The predicted octanol–water partition coefficient (Wildman–Crippen LogP) is 4.18. The molecule has 0 aliphatic heterocycles. The van der Waals surface area contributed by atoms with Gasteiger partial charge in [0.25, 0.3) is 11.8 Å². The molecule has 3 N–H and O–H groups in total. The van der Waals surface area contributed by atoms with Crippen molar-refractivity contribution in [1.82, 2.24) is 10.2 Å². The monoisotopic (exact) mass is 368 g/mol. The molecule has 1 aromatic heterocycles. The number of H-pyrrole nitrogens is 1. The molecule has 0 fully saturated rings. The Bertz CT molecular complexity index is 962. The number of aromatic amines is 1. The summed E-state index contributed by atoms with van der Waals surface area (Å²) in [6.07, 6.45) is 0. The molecule has 0 spiro atoms. The average molecular weight is 369 g/mol. The van der Waals surface area contributed by atoms with E-state index in [1.807, 2.05) is 6.92 Å². The Kier molecular flexibility index (Phi) is 5.04. The number of nitrogens with one attached hydrogen (secondary N) is 3. The lowest BCUT2D eigenvalue weighted by molar-refractivity contribution is 0.101. The van der Waals surface area contributed by atoms with Crippen LogP contribution in [0.3, 0.4) is 0 Å². The second kappa shape index (κ2) is 7.41. The van der Waals surface area contributed by atoms with Crippen LogP contribution < -0.4 is 10.6 Å². The van der Waals surface area contributed by atoms with Crippen LogP contribution in [0.4, 0.5) is 11.4 Å². The van der Waals surface area contributed by atoms with E-state index in [2.05, 4.69) is 20.8 Å². The van der Waals surface area contributed by atoms with Gasteiger partial charge < -0.3 is 10.6 Å². The number of aromatic nitrogens is 2. The quantitative estimate of drug-likeness (QED) is 0.645. The Balaban J connectivity index is 1.75. The Labute approximate surface area is 155 Å². The molecule has 3 aromatic rings. The minimum atomic E-state index is -0.299. The van der Waals surface area contributed by atoms with E-state index < -0.39 is 0 Å². The van der Waals surface area contributed by atoms with E-state index in [9.17, 15) is 9.59 Å². The minimum absolute atomic E-state index is 0.281. The number of nitrogens with zero attached hydrogens (tertiary/aromatic N) is 1. The number of aryl methyl sites for hydroxylation is 2. The highest BCUT2D eigenvalue weighted by Crippen LogP contribution is 2.19. The highest BCUT2D eigenvalue weighted by molar-refractivity contribution is 6.31. The topological polar surface area (TPSA) is 86.9 Å². The Morgan fingerprint density at radius 1 is 0.962 bits per heavy atom. The number of hydrogen-bond acceptors (Lipinski definition) is 3. The number of halogens is 1. The fraction of sp³-hybridized carbons (Fsp3) is 0.105. The molecule has 0 radical (unpaired) electrons. The lowest BCUT2D eigenvalue weighted by Crippen LogP contribution is -2.15. The first kappa shape index (κ1) is 17.7. The van der Waals surface area contributed by atoms with Gasteiger partial charge in [0.1, 0.15) is 0 Å². The average Bonchev–Trinajstić information content (AvgIpc) is 2.94. The molecule has 0 bridgehead atoms. The number of carbonyl (C=O) groups is 2. The zero-order valence-corrected chi connectivity index (χ0v) is 15.0. The van der Waals surface area contributed by atoms with Crippen molar-refractivity contribution in [3.63, 3.8) is 0 Å². The molecule has 0 aliphatic rings. The van der Waals surface area contributed by atoms with Gasteiger partial charge in [-0.25, -0.2) is 0 Å². The number of benzene rings is 2. The zero-order valence-electron chi connectivity index (χ0n) is 14.3. The molecule has 7 heteroatoms. The second-order valence-corrected chi connectivity index (χ2v) is 6.24. The van der Waals surface area contributed by atoms with Crippen LogP contribution >= 0.6 is 11.6 Å². The molecule has 26 heavy (non-hydrogen) atoms. The van der Waals surface area contributed by atoms with Gasteiger partial charge in [-0.2, -0.15) is 5.10 Å². The van der Waals surface area contributed by atoms with E-state index in [0.29, 0.717) is 33.2 Å². The van der Waals surface area contributed by atoms with Gasteiger partial charge >= 0.3 is 0 Å². The molecule has 132 valence electrons. The summed E-state index contributed by atoms with van der Waals surface area (Å²) in [4.78, 5) is 24.8. The smallest absolute Gasteiger partial charge is 0.255 e. The first-order chi connectivity index (χ1) is 12.4. The Morgan fingerprint density at radius 3 is 2.27 bits per heavy atom. The number of rotatable bonds is 4. The van der Waals surface area contributed by atoms with Gasteiger partial charge in [0.15, 0.2) is 0 Å². The predicted molar refractivity (Wildman–Crippen MR) is 102 cm³/mol. The normalized spacial score (nSPS) is 10.4. The lowest BCUT2D eigenvalue weighted by Gasteiger charge is -2.09. The summed E-state index contributed by atoms with van der Waals surface area (Å²) in [6.45, 7) is 3.64. The van der Waals surface area contributed by atoms with Crippen LogP contribution in [0, 0.1) is 13.8 Å². The lowest BCUT2D eigenvalue weighted by atomic mass is 10.1. The molecule has 1 heterocycles.